The van der Waals surface area contributed by atoms with Crippen LogP contribution in [0.5, 0.6) is 0 Å². The second-order valence-electron chi connectivity index (χ2n) is 17.6. The van der Waals surface area contributed by atoms with Crippen LogP contribution >= 0.6 is 46.4 Å². The molecule has 4 amide bonds. The van der Waals surface area contributed by atoms with Gasteiger partial charge in [0.15, 0.2) is 0 Å². The molecule has 16 heteroatoms. The summed E-state index contributed by atoms with van der Waals surface area (Å²) in [6.45, 7) is 21.5. The van der Waals surface area contributed by atoms with Crippen molar-refractivity contribution in [1.29, 1.82) is 0 Å². The summed E-state index contributed by atoms with van der Waals surface area (Å²) in [4.78, 5) is 57.4. The molecule has 0 fully saturated rings. The fourth-order valence-corrected chi connectivity index (χ4v) is 7.11. The van der Waals surface area contributed by atoms with Crippen LogP contribution in [0.15, 0.2) is 49.1 Å². The zero-order valence-electron chi connectivity index (χ0n) is 37.7. The van der Waals surface area contributed by atoms with Crippen LogP contribution in [0.2, 0.25) is 20.1 Å². The van der Waals surface area contributed by atoms with Gasteiger partial charge in [0.1, 0.15) is 11.2 Å². The Bertz CT molecular complexity index is 1800. The summed E-state index contributed by atoms with van der Waals surface area (Å²) in [7, 11) is 6.55. The number of aliphatic hydroxyl groups excluding tert-OH is 2. The van der Waals surface area contributed by atoms with Crippen molar-refractivity contribution < 1.29 is 38.9 Å². The first-order chi connectivity index (χ1) is 27.4. The lowest BCUT2D eigenvalue weighted by atomic mass is 9.82. The molecule has 0 saturated carbocycles. The van der Waals surface area contributed by atoms with Gasteiger partial charge in [-0.3, -0.25) is 19.4 Å². The number of hydrogen-bond donors (Lipinski definition) is 2. The molecular weight excluding hydrogens is 854 g/mol. The molecule has 0 saturated heterocycles. The molecule has 2 aromatic rings. The zero-order valence-corrected chi connectivity index (χ0v) is 40.7. The van der Waals surface area contributed by atoms with Gasteiger partial charge in [0.25, 0.3) is 0 Å². The number of amides is 4. The number of halogens is 4. The van der Waals surface area contributed by atoms with Gasteiger partial charge in [-0.1, -0.05) is 92.3 Å². The molecular formula is C44H66Cl4N4O8. The summed E-state index contributed by atoms with van der Waals surface area (Å²) < 4.78 is 11.2. The Kier molecular flexibility index (Phi) is 20.7. The number of likely N-dealkylation sites (N-methyl/N-ethyl adjacent to an activating group) is 4. The Morgan fingerprint density at radius 3 is 1.33 bits per heavy atom. The molecule has 0 bridgehead atoms. The third-order valence-electron chi connectivity index (χ3n) is 9.54. The second-order valence-corrected chi connectivity index (χ2v) is 19.3. The van der Waals surface area contributed by atoms with Crippen molar-refractivity contribution >= 4 is 70.4 Å². The van der Waals surface area contributed by atoms with Crippen molar-refractivity contribution in [2.24, 2.45) is 11.8 Å². The van der Waals surface area contributed by atoms with Crippen LogP contribution < -0.4 is 0 Å². The summed E-state index contributed by atoms with van der Waals surface area (Å²) in [5.74, 6) is -0.621. The third kappa shape index (κ3) is 15.3. The van der Waals surface area contributed by atoms with E-state index >= 15 is 0 Å². The van der Waals surface area contributed by atoms with Gasteiger partial charge >= 0.3 is 12.2 Å². The molecule has 2 N–H and O–H groups in total. The molecule has 2 rings (SSSR count). The lowest BCUT2D eigenvalue weighted by Gasteiger charge is -2.45. The van der Waals surface area contributed by atoms with Crippen LogP contribution in [0.25, 0.3) is 0 Å². The number of benzene rings is 2. The smallest absolute Gasteiger partial charge is 0.410 e. The van der Waals surface area contributed by atoms with Gasteiger partial charge in [-0.15, -0.1) is 6.58 Å². The third-order valence-corrected chi connectivity index (χ3v) is 11.0. The van der Waals surface area contributed by atoms with E-state index in [1.807, 2.05) is 40.7 Å². The topological polar surface area (TPSA) is 140 Å². The SMILES string of the molecule is C=CCC(CN(C)C(=O)C(C)C)(c1ccc(Cl)c(Cl)c1)N(C)C(=O)OC(C)(C)C.CC(C)C(=O)N(C)CC(CC(O)CO)(c1ccc(Cl)c(Cl)c1)N(C)C(=O)OC(C)(C)C. The molecule has 60 heavy (non-hydrogen) atoms. The lowest BCUT2D eigenvalue weighted by molar-refractivity contribution is -0.136. The predicted octanol–water partition coefficient (Wildman–Crippen LogP) is 9.66. The van der Waals surface area contributed by atoms with Gasteiger partial charge in [0, 0.05) is 59.5 Å². The molecule has 0 heterocycles. The first-order valence-corrected chi connectivity index (χ1v) is 21.1. The van der Waals surface area contributed by atoms with Gasteiger partial charge in [-0.2, -0.15) is 0 Å². The van der Waals surface area contributed by atoms with E-state index in [1.54, 1.807) is 97.1 Å². The van der Waals surface area contributed by atoms with Gasteiger partial charge < -0.3 is 29.5 Å². The first-order valence-electron chi connectivity index (χ1n) is 19.6. The van der Waals surface area contributed by atoms with Gasteiger partial charge in [-0.05, 0) is 83.4 Å². The Labute approximate surface area is 377 Å². The maximum absolute atomic E-state index is 13.1. The Morgan fingerprint density at radius 1 is 0.667 bits per heavy atom. The molecule has 0 aliphatic rings. The Morgan fingerprint density at radius 2 is 1.02 bits per heavy atom. The molecule has 0 aliphatic heterocycles. The van der Waals surface area contributed by atoms with Crippen molar-refractivity contribution in [3.8, 4) is 0 Å². The van der Waals surface area contributed by atoms with E-state index in [2.05, 4.69) is 6.58 Å². The molecule has 12 nitrogen and oxygen atoms in total. The van der Waals surface area contributed by atoms with E-state index in [1.165, 1.54) is 21.7 Å². The van der Waals surface area contributed by atoms with Crippen LogP contribution in [0, 0.1) is 11.8 Å². The van der Waals surface area contributed by atoms with Crippen molar-refractivity contribution in [3.05, 3.63) is 80.3 Å². The summed E-state index contributed by atoms with van der Waals surface area (Å²) in [5.41, 5.74) is -2.32. The molecule has 3 atom stereocenters. The van der Waals surface area contributed by atoms with E-state index in [0.29, 0.717) is 27.1 Å². The van der Waals surface area contributed by atoms with Gasteiger partial charge in [-0.25, -0.2) is 9.59 Å². The summed E-state index contributed by atoms with van der Waals surface area (Å²) in [6.07, 6.45) is -0.271. The predicted molar refractivity (Wildman–Crippen MR) is 242 cm³/mol. The number of ether oxygens (including phenoxy) is 2. The highest BCUT2D eigenvalue weighted by Gasteiger charge is 2.45. The van der Waals surface area contributed by atoms with Crippen molar-refractivity contribution in [3.63, 3.8) is 0 Å². The summed E-state index contributed by atoms with van der Waals surface area (Å²) in [5, 5.41) is 21.4. The molecule has 0 spiro atoms. The Balaban J connectivity index is 0.000000601. The number of aliphatic hydroxyl groups is 2. The number of nitrogens with zero attached hydrogens (tertiary/aromatic N) is 4. The fourth-order valence-electron chi connectivity index (χ4n) is 6.52. The molecule has 0 radical (unpaired) electrons. The maximum Gasteiger partial charge on any atom is 0.410 e. The van der Waals surface area contributed by atoms with E-state index in [9.17, 15) is 29.4 Å². The minimum Gasteiger partial charge on any atom is -0.444 e. The van der Waals surface area contributed by atoms with E-state index < -0.39 is 47.2 Å². The standard InChI is InChI=1S/C22H34Cl2N2O5.C22H32Cl2N2O3/c1-14(2)19(29)25(6)13-22(11-16(28)12-27,15-8-9-17(23)18(24)10-15)26(7)20(30)31-21(3,4)5;1-9-12-22(14-25(7)19(27)15(2)3,16-10-11-17(23)18(24)13-16)26(8)20(28)29-21(4,5)6/h8-10,14,16,27-28H,11-13H2,1-7H3;9-11,13,15H,1,12,14H2,2-8H3. The quantitative estimate of drug-likeness (QED) is 0.169. The minimum atomic E-state index is -1.25. The molecule has 338 valence electrons. The van der Waals surface area contributed by atoms with Crippen molar-refractivity contribution in [2.75, 3.05) is 47.9 Å². The fraction of sp³-hybridized carbons (Fsp3) is 0.591. The van der Waals surface area contributed by atoms with Crippen LogP contribution in [0.4, 0.5) is 9.59 Å². The molecule has 2 aromatic carbocycles. The van der Waals surface area contributed by atoms with Crippen LogP contribution in [-0.2, 0) is 30.1 Å². The highest BCUT2D eigenvalue weighted by Crippen LogP contribution is 2.39. The van der Waals surface area contributed by atoms with Crippen LogP contribution in [0.1, 0.15) is 93.2 Å². The first kappa shape index (κ1) is 54.8. The van der Waals surface area contributed by atoms with Crippen LogP contribution in [0.3, 0.4) is 0 Å². The molecule has 0 aromatic heterocycles. The number of hydrogen-bond acceptors (Lipinski definition) is 8. The van der Waals surface area contributed by atoms with E-state index in [0.717, 1.165) is 5.56 Å². The average molecular weight is 921 g/mol. The summed E-state index contributed by atoms with van der Waals surface area (Å²) >= 11 is 24.8. The number of rotatable bonds is 15. The molecule has 3 unspecified atom stereocenters. The minimum absolute atomic E-state index is 0.0314. The highest BCUT2D eigenvalue weighted by atomic mass is 35.5. The number of carbonyl (C=O) groups excluding carboxylic acids is 4. The van der Waals surface area contributed by atoms with Crippen molar-refractivity contribution in [2.45, 2.75) is 110 Å². The molecule has 0 aliphatic carbocycles. The monoisotopic (exact) mass is 918 g/mol. The van der Waals surface area contributed by atoms with Crippen LogP contribution in [-0.4, -0.2) is 119 Å². The summed E-state index contributed by atoms with van der Waals surface area (Å²) in [6, 6.07) is 10.1. The van der Waals surface area contributed by atoms with Crippen molar-refractivity contribution in [1.82, 2.24) is 19.6 Å². The largest absolute Gasteiger partial charge is 0.444 e. The second kappa shape index (κ2) is 22.7. The van der Waals surface area contributed by atoms with Gasteiger partial charge in [0.05, 0.1) is 43.9 Å². The zero-order chi connectivity index (χ0) is 46.7. The maximum atomic E-state index is 13.1. The lowest BCUT2D eigenvalue weighted by Crippen LogP contribution is -2.57. The average Bonchev–Trinajstić information content (AvgIpc) is 3.13. The van der Waals surface area contributed by atoms with Gasteiger partial charge in [0.2, 0.25) is 11.8 Å². The van der Waals surface area contributed by atoms with E-state index in [4.69, 9.17) is 55.9 Å². The highest BCUT2D eigenvalue weighted by molar-refractivity contribution is 6.42. The Hall–Kier alpha value is -3.26. The van der Waals surface area contributed by atoms with E-state index in [-0.39, 0.29) is 48.2 Å². The number of carbonyl (C=O) groups is 4. The normalized spacial score (nSPS) is 14.2.